The van der Waals surface area contributed by atoms with Gasteiger partial charge in [0, 0.05) is 10.6 Å². The number of amides is 1. The van der Waals surface area contributed by atoms with Gasteiger partial charge in [0.1, 0.15) is 11.1 Å². The number of fused-ring (bicyclic) bond motifs is 1. The van der Waals surface area contributed by atoms with Gasteiger partial charge in [-0.15, -0.1) is 21.5 Å². The van der Waals surface area contributed by atoms with Crippen LogP contribution in [0.15, 0.2) is 58.3 Å². The van der Waals surface area contributed by atoms with Gasteiger partial charge in [-0.05, 0) is 55.0 Å². The molecule has 0 radical (unpaired) electrons. The fourth-order valence-electron chi connectivity index (χ4n) is 3.99. The van der Waals surface area contributed by atoms with Crippen molar-refractivity contribution in [3.8, 4) is 23.3 Å². The molecule has 1 aromatic carbocycles. The average molecular weight is 476 g/mol. The first kappa shape index (κ1) is 21.5. The first-order valence-corrected chi connectivity index (χ1v) is 12.5. The molecular formula is C24H21N5O2S2. The molecule has 1 atom stereocenters. The Kier molecular flexibility index (Phi) is 6.03. The first-order chi connectivity index (χ1) is 16.1. The normalized spacial score (nSPS) is 15.1. The van der Waals surface area contributed by atoms with Crippen molar-refractivity contribution >= 4 is 34.0 Å². The van der Waals surface area contributed by atoms with Gasteiger partial charge in [0.05, 0.1) is 17.6 Å². The van der Waals surface area contributed by atoms with Gasteiger partial charge in [-0.2, -0.15) is 5.26 Å². The van der Waals surface area contributed by atoms with Crippen molar-refractivity contribution in [1.82, 2.24) is 14.8 Å². The molecule has 7 nitrogen and oxygen atoms in total. The van der Waals surface area contributed by atoms with E-state index in [0.717, 1.165) is 30.5 Å². The molecule has 0 fully saturated rings. The Morgan fingerprint density at radius 1 is 1.30 bits per heavy atom. The SMILES string of the molecule is C[C@H]1CCc2c(sc(NC(=O)CSc3nnc(-c4ccco4)n3-c3ccccc3)c2C#N)C1. The number of furan rings is 1. The standard InChI is InChI=1S/C24H21N5O2S2/c1-15-9-10-17-18(13-25)23(33-20(17)12-15)26-21(30)14-32-24-28-27-22(19-8-5-11-31-19)29(24)16-6-3-2-4-7-16/h2-8,11,15H,9-10,12,14H2,1H3,(H,26,30)/t15-/m0/s1. The van der Waals surface area contributed by atoms with Gasteiger partial charge in [0.15, 0.2) is 10.9 Å². The molecule has 1 aliphatic rings. The number of nitrogens with one attached hydrogen (secondary N) is 1. The smallest absolute Gasteiger partial charge is 0.235 e. The van der Waals surface area contributed by atoms with Crippen LogP contribution in [0.3, 0.4) is 0 Å². The zero-order valence-electron chi connectivity index (χ0n) is 17.9. The van der Waals surface area contributed by atoms with Crippen LogP contribution in [0, 0.1) is 17.2 Å². The van der Waals surface area contributed by atoms with Crippen molar-refractivity contribution < 1.29 is 9.21 Å². The van der Waals surface area contributed by atoms with Crippen LogP contribution in [0.2, 0.25) is 0 Å². The molecule has 1 aliphatic carbocycles. The highest BCUT2D eigenvalue weighted by Crippen LogP contribution is 2.39. The van der Waals surface area contributed by atoms with Gasteiger partial charge in [0.25, 0.3) is 0 Å². The van der Waals surface area contributed by atoms with E-state index in [9.17, 15) is 10.1 Å². The van der Waals surface area contributed by atoms with Crippen molar-refractivity contribution in [1.29, 1.82) is 5.26 Å². The summed E-state index contributed by atoms with van der Waals surface area (Å²) in [5.74, 6) is 1.74. The Morgan fingerprint density at radius 3 is 2.91 bits per heavy atom. The number of carbonyl (C=O) groups is 1. The second-order valence-electron chi connectivity index (χ2n) is 7.96. The van der Waals surface area contributed by atoms with Crippen LogP contribution in [0.5, 0.6) is 0 Å². The first-order valence-electron chi connectivity index (χ1n) is 10.7. The van der Waals surface area contributed by atoms with Crippen LogP contribution < -0.4 is 5.32 Å². The van der Waals surface area contributed by atoms with E-state index in [4.69, 9.17) is 4.42 Å². The molecule has 3 heterocycles. The highest BCUT2D eigenvalue weighted by Gasteiger charge is 2.25. The Morgan fingerprint density at radius 2 is 2.15 bits per heavy atom. The minimum atomic E-state index is -0.176. The zero-order valence-corrected chi connectivity index (χ0v) is 19.6. The largest absolute Gasteiger partial charge is 0.461 e. The molecule has 1 amide bonds. The van der Waals surface area contributed by atoms with E-state index < -0.39 is 0 Å². The van der Waals surface area contributed by atoms with E-state index >= 15 is 0 Å². The maximum atomic E-state index is 12.8. The Labute approximate surface area is 199 Å². The van der Waals surface area contributed by atoms with Crippen molar-refractivity contribution in [3.05, 3.63) is 64.7 Å². The van der Waals surface area contributed by atoms with Crippen LogP contribution in [0.1, 0.15) is 29.3 Å². The Bertz CT molecular complexity index is 1320. The minimum Gasteiger partial charge on any atom is -0.461 e. The number of anilines is 1. The summed E-state index contributed by atoms with van der Waals surface area (Å²) in [7, 11) is 0. The van der Waals surface area contributed by atoms with Gasteiger partial charge in [-0.3, -0.25) is 9.36 Å². The summed E-state index contributed by atoms with van der Waals surface area (Å²) in [6.07, 6.45) is 4.54. The molecule has 0 aliphatic heterocycles. The number of carbonyl (C=O) groups excluding carboxylic acids is 1. The predicted octanol–water partition coefficient (Wildman–Crippen LogP) is 5.32. The Hall–Kier alpha value is -3.35. The fourth-order valence-corrected chi connectivity index (χ4v) is 6.12. The molecule has 0 unspecified atom stereocenters. The lowest BCUT2D eigenvalue weighted by atomic mass is 9.89. The van der Waals surface area contributed by atoms with E-state index in [1.807, 2.05) is 41.0 Å². The second kappa shape index (κ2) is 9.25. The highest BCUT2D eigenvalue weighted by atomic mass is 32.2. The van der Waals surface area contributed by atoms with Crippen molar-refractivity contribution in [2.24, 2.45) is 5.92 Å². The lowest BCUT2D eigenvalue weighted by Crippen LogP contribution is -2.14. The number of benzene rings is 1. The summed E-state index contributed by atoms with van der Waals surface area (Å²) in [6.45, 7) is 2.23. The summed E-state index contributed by atoms with van der Waals surface area (Å²) < 4.78 is 7.41. The molecule has 1 N–H and O–H groups in total. The number of rotatable bonds is 6. The van der Waals surface area contributed by atoms with Gasteiger partial charge >= 0.3 is 0 Å². The van der Waals surface area contributed by atoms with E-state index in [2.05, 4.69) is 28.5 Å². The average Bonchev–Trinajstić information content (AvgIpc) is 3.56. The van der Waals surface area contributed by atoms with E-state index in [1.165, 1.54) is 28.0 Å². The van der Waals surface area contributed by atoms with Gasteiger partial charge < -0.3 is 9.73 Å². The van der Waals surface area contributed by atoms with Gasteiger partial charge in [-0.25, -0.2) is 0 Å². The molecule has 166 valence electrons. The fraction of sp³-hybridized carbons (Fsp3) is 0.250. The summed E-state index contributed by atoms with van der Waals surface area (Å²) in [5, 5.41) is 22.5. The monoisotopic (exact) mass is 475 g/mol. The second-order valence-corrected chi connectivity index (χ2v) is 10.0. The van der Waals surface area contributed by atoms with Crippen LogP contribution >= 0.6 is 23.1 Å². The third kappa shape index (κ3) is 4.32. The summed E-state index contributed by atoms with van der Waals surface area (Å²) in [6, 6.07) is 15.6. The lowest BCUT2D eigenvalue weighted by molar-refractivity contribution is -0.113. The number of nitriles is 1. The summed E-state index contributed by atoms with van der Waals surface area (Å²) in [5.41, 5.74) is 2.60. The molecule has 3 aromatic heterocycles. The van der Waals surface area contributed by atoms with Gasteiger partial charge in [-0.1, -0.05) is 36.9 Å². The predicted molar refractivity (Wildman–Crippen MR) is 129 cm³/mol. The maximum Gasteiger partial charge on any atom is 0.235 e. The van der Waals surface area contributed by atoms with Crippen LogP contribution in [-0.4, -0.2) is 26.4 Å². The van der Waals surface area contributed by atoms with Crippen molar-refractivity contribution in [3.63, 3.8) is 0 Å². The highest BCUT2D eigenvalue weighted by molar-refractivity contribution is 7.99. The van der Waals surface area contributed by atoms with Crippen LogP contribution in [-0.2, 0) is 17.6 Å². The molecule has 5 rings (SSSR count). The van der Waals surface area contributed by atoms with E-state index in [-0.39, 0.29) is 11.7 Å². The number of hydrogen-bond donors (Lipinski definition) is 1. The minimum absolute atomic E-state index is 0.146. The third-order valence-electron chi connectivity index (χ3n) is 5.60. The lowest BCUT2D eigenvalue weighted by Gasteiger charge is -2.17. The molecule has 0 spiro atoms. The van der Waals surface area contributed by atoms with E-state index in [1.54, 1.807) is 12.3 Å². The van der Waals surface area contributed by atoms with Crippen LogP contribution in [0.4, 0.5) is 5.00 Å². The summed E-state index contributed by atoms with van der Waals surface area (Å²) in [4.78, 5) is 14.0. The number of hydrogen-bond acceptors (Lipinski definition) is 7. The number of thiophene rings is 1. The molecule has 0 saturated carbocycles. The maximum absolute atomic E-state index is 12.8. The quantitative estimate of drug-likeness (QED) is 0.379. The number of para-hydroxylation sites is 1. The van der Waals surface area contributed by atoms with E-state index in [0.29, 0.717) is 33.2 Å². The Balaban J connectivity index is 1.35. The molecule has 0 bridgehead atoms. The summed E-state index contributed by atoms with van der Waals surface area (Å²) >= 11 is 2.83. The topological polar surface area (TPSA) is 96.7 Å². The van der Waals surface area contributed by atoms with Crippen LogP contribution in [0.25, 0.3) is 17.3 Å². The third-order valence-corrected chi connectivity index (χ3v) is 7.70. The van der Waals surface area contributed by atoms with Crippen molar-refractivity contribution in [2.75, 3.05) is 11.1 Å². The number of nitrogens with zero attached hydrogens (tertiary/aromatic N) is 4. The zero-order chi connectivity index (χ0) is 22.8. The molecular weight excluding hydrogens is 454 g/mol. The van der Waals surface area contributed by atoms with Crippen molar-refractivity contribution in [2.45, 2.75) is 31.3 Å². The molecule has 4 aromatic rings. The number of aromatic nitrogens is 3. The number of thioether (sulfide) groups is 1. The molecule has 9 heteroatoms. The molecule has 0 saturated heterocycles. The molecule has 33 heavy (non-hydrogen) atoms. The van der Waals surface area contributed by atoms with Gasteiger partial charge in [0.2, 0.25) is 11.7 Å².